The Morgan fingerprint density at radius 2 is 2.03 bits per heavy atom. The third-order valence-electron chi connectivity index (χ3n) is 7.01. The van der Waals surface area contributed by atoms with E-state index in [0.717, 1.165) is 73.5 Å². The number of carbonyl (C=O) groups excluding carboxylic acids is 1. The fraction of sp³-hybridized carbons (Fsp3) is 0.500. The van der Waals surface area contributed by atoms with Gasteiger partial charge < -0.3 is 25.0 Å². The minimum atomic E-state index is -0.913. The summed E-state index contributed by atoms with van der Waals surface area (Å²) in [5.74, 6) is 0.892. The molecule has 1 aromatic heterocycles. The van der Waals surface area contributed by atoms with Gasteiger partial charge in [-0.1, -0.05) is 18.2 Å². The van der Waals surface area contributed by atoms with Crippen molar-refractivity contribution in [3.63, 3.8) is 0 Å². The van der Waals surface area contributed by atoms with E-state index < -0.39 is 12.0 Å². The Hall–Kier alpha value is -3.29. The molecule has 1 aromatic carbocycles. The summed E-state index contributed by atoms with van der Waals surface area (Å²) in [6.45, 7) is 3.50. The molecule has 4 heterocycles. The maximum Gasteiger partial charge on any atom is 0.320 e. The molecule has 0 bridgehead atoms. The van der Waals surface area contributed by atoms with Gasteiger partial charge in [-0.05, 0) is 60.9 Å². The highest BCUT2D eigenvalue weighted by Crippen LogP contribution is 2.34. The predicted molar refractivity (Wildman–Crippen MR) is 128 cm³/mol. The quantitative estimate of drug-likeness (QED) is 0.619. The van der Waals surface area contributed by atoms with Gasteiger partial charge in [-0.15, -0.1) is 0 Å². The number of fused-ring (bicyclic) bond motifs is 2. The monoisotopic (exact) mass is 464 g/mol. The van der Waals surface area contributed by atoms with E-state index in [2.05, 4.69) is 17.4 Å². The summed E-state index contributed by atoms with van der Waals surface area (Å²) in [4.78, 5) is 33.4. The van der Waals surface area contributed by atoms with Crippen LogP contribution >= 0.6 is 0 Å². The van der Waals surface area contributed by atoms with Crippen LogP contribution in [0.5, 0.6) is 5.75 Å². The number of pyridine rings is 1. The molecule has 1 fully saturated rings. The number of aromatic nitrogens is 1. The first kappa shape index (κ1) is 22.5. The van der Waals surface area contributed by atoms with Crippen molar-refractivity contribution < 1.29 is 19.4 Å². The molecule has 2 aromatic rings. The number of hydrogen-bond donors (Lipinski definition) is 2. The van der Waals surface area contributed by atoms with Crippen molar-refractivity contribution in [2.75, 3.05) is 38.1 Å². The second-order valence-electron chi connectivity index (χ2n) is 9.34. The number of carbonyl (C=O) groups is 2. The van der Waals surface area contributed by atoms with Gasteiger partial charge in [-0.25, -0.2) is 9.78 Å². The largest absolute Gasteiger partial charge is 0.493 e. The van der Waals surface area contributed by atoms with Gasteiger partial charge in [0.25, 0.3) is 0 Å². The SMILES string of the molecule is O=C(O)C[C@@H](c1ccc2c(c1)OCC2)N1CCCN(CCCc2ccc3c(n2)NCCC3)C1=O. The minimum absolute atomic E-state index is 0.0843. The van der Waals surface area contributed by atoms with Crippen molar-refractivity contribution in [3.05, 3.63) is 52.7 Å². The smallest absolute Gasteiger partial charge is 0.320 e. The van der Waals surface area contributed by atoms with E-state index in [9.17, 15) is 14.7 Å². The average Bonchev–Trinajstić information content (AvgIpc) is 3.32. The van der Waals surface area contributed by atoms with Crippen LogP contribution in [0, 0.1) is 0 Å². The number of rotatable bonds is 8. The molecule has 0 unspecified atom stereocenters. The van der Waals surface area contributed by atoms with E-state index in [1.165, 1.54) is 5.56 Å². The topological polar surface area (TPSA) is 95.0 Å². The fourth-order valence-electron chi connectivity index (χ4n) is 5.22. The maximum atomic E-state index is 13.4. The molecule has 1 atom stereocenters. The lowest BCUT2D eigenvalue weighted by atomic mass is 9.98. The van der Waals surface area contributed by atoms with Crippen molar-refractivity contribution in [1.29, 1.82) is 0 Å². The molecule has 8 nitrogen and oxygen atoms in total. The van der Waals surface area contributed by atoms with Crippen molar-refractivity contribution >= 4 is 17.8 Å². The second-order valence-corrected chi connectivity index (χ2v) is 9.34. The first-order chi connectivity index (χ1) is 16.6. The first-order valence-corrected chi connectivity index (χ1v) is 12.3. The zero-order valence-electron chi connectivity index (χ0n) is 19.5. The van der Waals surface area contributed by atoms with Crippen LogP contribution in [0.15, 0.2) is 30.3 Å². The lowest BCUT2D eigenvalue weighted by Gasteiger charge is -2.40. The number of anilines is 1. The summed E-state index contributed by atoms with van der Waals surface area (Å²) in [5, 5.41) is 13.0. The molecule has 0 aliphatic carbocycles. The zero-order valence-corrected chi connectivity index (χ0v) is 19.5. The van der Waals surface area contributed by atoms with Crippen LogP contribution < -0.4 is 10.1 Å². The van der Waals surface area contributed by atoms with Crippen LogP contribution in [-0.2, 0) is 24.1 Å². The summed E-state index contributed by atoms with van der Waals surface area (Å²) >= 11 is 0. The van der Waals surface area contributed by atoms with Crippen LogP contribution in [0.1, 0.15) is 54.1 Å². The lowest BCUT2D eigenvalue weighted by Crippen LogP contribution is -2.51. The minimum Gasteiger partial charge on any atom is -0.493 e. The number of aryl methyl sites for hydroxylation is 2. The summed E-state index contributed by atoms with van der Waals surface area (Å²) in [5.41, 5.74) is 4.27. The summed E-state index contributed by atoms with van der Waals surface area (Å²) in [6.07, 6.45) is 5.41. The van der Waals surface area contributed by atoms with Gasteiger partial charge in [0.1, 0.15) is 11.6 Å². The molecule has 0 radical (unpaired) electrons. The standard InChI is InChI=1S/C26H32N4O4/c31-24(32)17-22(20-7-6-18-10-15-34-23(18)16-20)30-14-3-13-29(26(30)33)12-2-5-21-9-8-19-4-1-11-27-25(19)28-21/h6-9,16,22H,1-5,10-15,17H2,(H,27,28)(H,31,32)/t22-/m0/s1. The summed E-state index contributed by atoms with van der Waals surface area (Å²) < 4.78 is 5.69. The third kappa shape index (κ3) is 4.81. The Balaban J connectivity index is 1.24. The van der Waals surface area contributed by atoms with E-state index in [1.807, 2.05) is 23.1 Å². The molecule has 0 saturated carbocycles. The Kier molecular flexibility index (Phi) is 6.56. The number of benzene rings is 1. The average molecular weight is 465 g/mol. The highest BCUT2D eigenvalue weighted by atomic mass is 16.5. The van der Waals surface area contributed by atoms with Crippen LogP contribution in [0.25, 0.3) is 0 Å². The van der Waals surface area contributed by atoms with Gasteiger partial charge in [0.15, 0.2) is 0 Å². The van der Waals surface area contributed by atoms with E-state index >= 15 is 0 Å². The van der Waals surface area contributed by atoms with Crippen molar-refractivity contribution in [1.82, 2.24) is 14.8 Å². The number of aliphatic carboxylic acids is 1. The highest BCUT2D eigenvalue weighted by molar-refractivity contribution is 5.77. The normalized spacial score (nSPS) is 18.1. The van der Waals surface area contributed by atoms with Gasteiger partial charge in [0.2, 0.25) is 0 Å². The van der Waals surface area contributed by atoms with E-state index in [1.54, 1.807) is 4.90 Å². The molecule has 3 aliphatic heterocycles. The van der Waals surface area contributed by atoms with E-state index in [-0.39, 0.29) is 12.5 Å². The number of nitrogens with one attached hydrogen (secondary N) is 1. The summed E-state index contributed by atoms with van der Waals surface area (Å²) in [6, 6.07) is 9.53. The molecule has 34 heavy (non-hydrogen) atoms. The number of carboxylic acids is 1. The van der Waals surface area contributed by atoms with Gasteiger partial charge in [0.05, 0.1) is 19.1 Å². The molecule has 8 heteroatoms. The van der Waals surface area contributed by atoms with Crippen LogP contribution in [0.4, 0.5) is 10.6 Å². The van der Waals surface area contributed by atoms with Crippen molar-refractivity contribution in [2.24, 2.45) is 0 Å². The van der Waals surface area contributed by atoms with Gasteiger partial charge in [-0.2, -0.15) is 0 Å². The molecule has 2 amide bonds. The van der Waals surface area contributed by atoms with Crippen LogP contribution in [0.3, 0.4) is 0 Å². The maximum absolute atomic E-state index is 13.4. The van der Waals surface area contributed by atoms with Crippen LogP contribution in [0.2, 0.25) is 0 Å². The van der Waals surface area contributed by atoms with Crippen molar-refractivity contribution in [2.45, 2.75) is 51.0 Å². The van der Waals surface area contributed by atoms with Gasteiger partial charge in [0, 0.05) is 38.3 Å². The Morgan fingerprint density at radius 1 is 1.15 bits per heavy atom. The number of urea groups is 1. The Labute approximate surface area is 199 Å². The number of ether oxygens (including phenoxy) is 1. The lowest BCUT2D eigenvalue weighted by molar-refractivity contribution is -0.138. The van der Waals surface area contributed by atoms with Gasteiger partial charge in [-0.3, -0.25) is 4.79 Å². The number of hydrogen-bond acceptors (Lipinski definition) is 5. The summed E-state index contributed by atoms with van der Waals surface area (Å²) in [7, 11) is 0. The third-order valence-corrected chi connectivity index (χ3v) is 7.01. The van der Waals surface area contributed by atoms with Crippen LogP contribution in [-0.4, -0.2) is 64.7 Å². The van der Waals surface area contributed by atoms with Crippen molar-refractivity contribution in [3.8, 4) is 5.75 Å². The van der Waals surface area contributed by atoms with E-state index in [0.29, 0.717) is 26.2 Å². The van der Waals surface area contributed by atoms with E-state index in [4.69, 9.17) is 9.72 Å². The molecule has 1 saturated heterocycles. The predicted octanol–water partition coefficient (Wildman–Crippen LogP) is 3.65. The highest BCUT2D eigenvalue weighted by Gasteiger charge is 2.33. The molecular formula is C26H32N4O4. The Morgan fingerprint density at radius 3 is 2.91 bits per heavy atom. The number of amides is 2. The molecule has 2 N–H and O–H groups in total. The van der Waals surface area contributed by atoms with Gasteiger partial charge >= 0.3 is 12.0 Å². The molecule has 180 valence electrons. The molecular weight excluding hydrogens is 432 g/mol. The number of carboxylic acid groups (broad SMARTS) is 1. The number of nitrogens with zero attached hydrogens (tertiary/aromatic N) is 3. The zero-order chi connectivity index (χ0) is 23.5. The molecule has 5 rings (SSSR count). The molecule has 3 aliphatic rings. The Bertz CT molecular complexity index is 1070. The fourth-order valence-corrected chi connectivity index (χ4v) is 5.22. The second kappa shape index (κ2) is 9.91. The first-order valence-electron chi connectivity index (χ1n) is 12.3. The molecule has 0 spiro atoms.